The summed E-state index contributed by atoms with van der Waals surface area (Å²) < 4.78 is 21.5. The van der Waals surface area contributed by atoms with E-state index in [2.05, 4.69) is 28.7 Å². The maximum atomic E-state index is 13.0. The van der Waals surface area contributed by atoms with Crippen LogP contribution in [0.5, 0.6) is 5.75 Å². The Labute approximate surface area is 245 Å². The zero-order chi connectivity index (χ0) is 28.4. The number of amides is 1. The van der Waals surface area contributed by atoms with Gasteiger partial charge in [-0.1, -0.05) is 31.0 Å². The molecule has 4 atom stereocenters. The second-order valence-corrected chi connectivity index (χ2v) is 14.3. The lowest BCUT2D eigenvalue weighted by atomic mass is 9.68. The lowest BCUT2D eigenvalue weighted by Gasteiger charge is -2.44. The Balaban J connectivity index is 1.49. The molecule has 1 heterocycles. The van der Waals surface area contributed by atoms with Crippen LogP contribution in [0.3, 0.4) is 0 Å². The van der Waals surface area contributed by atoms with Crippen LogP contribution in [-0.2, 0) is 27.6 Å². The van der Waals surface area contributed by atoms with Crippen LogP contribution in [0.1, 0.15) is 87.2 Å². The maximum Gasteiger partial charge on any atom is 0.263 e. The zero-order valence-corrected chi connectivity index (χ0v) is 25.4. The van der Waals surface area contributed by atoms with E-state index in [1.165, 1.54) is 11.1 Å². The SMILES string of the molecule is CCCCC(=O)C1CCC1CN1CC2(CCCc3cc(Cl)ccc32)COc2ccc(C(=O)NS(=O)C(C)C)cc21. The number of carbonyl (C=O) groups is 2. The molecule has 0 saturated heterocycles. The third-order valence-corrected chi connectivity index (χ3v) is 10.5. The van der Waals surface area contributed by atoms with Crippen molar-refractivity contribution in [1.29, 1.82) is 0 Å². The largest absolute Gasteiger partial charge is 0.490 e. The fourth-order valence-corrected chi connectivity index (χ4v) is 7.29. The van der Waals surface area contributed by atoms with Crippen molar-refractivity contribution in [2.75, 3.05) is 24.6 Å². The van der Waals surface area contributed by atoms with Gasteiger partial charge in [0.25, 0.3) is 5.91 Å². The van der Waals surface area contributed by atoms with E-state index < -0.39 is 11.0 Å². The molecule has 1 aliphatic heterocycles. The highest BCUT2D eigenvalue weighted by molar-refractivity contribution is 7.84. The Morgan fingerprint density at radius 2 is 2.02 bits per heavy atom. The van der Waals surface area contributed by atoms with Crippen LogP contribution < -0.4 is 14.4 Å². The van der Waals surface area contributed by atoms with E-state index in [-0.39, 0.29) is 28.4 Å². The fourth-order valence-electron chi connectivity index (χ4n) is 6.55. The summed E-state index contributed by atoms with van der Waals surface area (Å²) in [5, 5.41) is 0.577. The summed E-state index contributed by atoms with van der Waals surface area (Å²) in [5.41, 5.74) is 3.67. The monoisotopic (exact) mass is 584 g/mol. The van der Waals surface area contributed by atoms with Crippen molar-refractivity contribution < 1.29 is 18.5 Å². The van der Waals surface area contributed by atoms with E-state index in [0.717, 1.165) is 74.5 Å². The summed E-state index contributed by atoms with van der Waals surface area (Å²) in [6.45, 7) is 7.77. The Hall–Kier alpha value is -2.38. The lowest BCUT2D eigenvalue weighted by Crippen LogP contribution is -2.49. The molecule has 6 nitrogen and oxygen atoms in total. The molecular formula is C32H41ClN2O4S. The number of aryl methyl sites for hydroxylation is 1. The van der Waals surface area contributed by atoms with Crippen molar-refractivity contribution in [3.05, 3.63) is 58.1 Å². The lowest BCUT2D eigenvalue weighted by molar-refractivity contribution is -0.127. The number of benzene rings is 2. The first-order valence-corrected chi connectivity index (χ1v) is 16.3. The molecule has 2 aromatic rings. The van der Waals surface area contributed by atoms with Gasteiger partial charge >= 0.3 is 0 Å². The minimum atomic E-state index is -1.46. The van der Waals surface area contributed by atoms with Gasteiger partial charge in [-0.2, -0.15) is 0 Å². The molecule has 5 rings (SSSR count). The number of unbranched alkanes of at least 4 members (excludes halogenated alkanes) is 1. The summed E-state index contributed by atoms with van der Waals surface area (Å²) in [7, 11) is -1.46. The van der Waals surface area contributed by atoms with Gasteiger partial charge in [0, 0.05) is 46.7 Å². The van der Waals surface area contributed by atoms with Crippen molar-refractivity contribution in [2.45, 2.75) is 82.8 Å². The van der Waals surface area contributed by atoms with Crippen LogP contribution in [0.15, 0.2) is 36.4 Å². The van der Waals surface area contributed by atoms with Crippen molar-refractivity contribution >= 4 is 40.0 Å². The number of hydrogen-bond donors (Lipinski definition) is 1. The molecule has 1 fully saturated rings. The zero-order valence-electron chi connectivity index (χ0n) is 23.8. The first-order valence-electron chi connectivity index (χ1n) is 14.8. The number of ketones is 1. The molecule has 0 aromatic heterocycles. The van der Waals surface area contributed by atoms with Crippen LogP contribution in [0.4, 0.5) is 5.69 Å². The van der Waals surface area contributed by atoms with Crippen molar-refractivity contribution in [3.8, 4) is 5.75 Å². The number of Topliss-reactive ketones (excluding diaryl/α,β-unsaturated/α-hetero) is 1. The normalized spacial score (nSPS) is 24.4. The third-order valence-electron chi connectivity index (χ3n) is 8.98. The Morgan fingerprint density at radius 1 is 1.20 bits per heavy atom. The highest BCUT2D eigenvalue weighted by Crippen LogP contribution is 2.46. The number of nitrogens with one attached hydrogen (secondary N) is 1. The number of rotatable bonds is 9. The molecule has 4 unspecified atom stereocenters. The van der Waals surface area contributed by atoms with Crippen molar-refractivity contribution in [3.63, 3.8) is 0 Å². The number of nitrogens with zero attached hydrogens (tertiary/aromatic N) is 1. The summed E-state index contributed by atoms with van der Waals surface area (Å²) in [5.74, 6) is 1.16. The van der Waals surface area contributed by atoms with Gasteiger partial charge in [-0.05, 0) is 99.7 Å². The number of hydrogen-bond acceptors (Lipinski definition) is 5. The van der Waals surface area contributed by atoms with Gasteiger partial charge in [0.05, 0.1) is 12.3 Å². The van der Waals surface area contributed by atoms with E-state index in [1.807, 2.05) is 32.0 Å². The molecule has 3 aliphatic rings. The van der Waals surface area contributed by atoms with Crippen molar-refractivity contribution in [1.82, 2.24) is 4.72 Å². The van der Waals surface area contributed by atoms with Crippen LogP contribution >= 0.6 is 11.6 Å². The van der Waals surface area contributed by atoms with Crippen LogP contribution in [0.25, 0.3) is 0 Å². The molecule has 1 amide bonds. The first kappa shape index (κ1) is 29.1. The predicted octanol–water partition coefficient (Wildman–Crippen LogP) is 6.40. The molecule has 2 aliphatic carbocycles. The minimum Gasteiger partial charge on any atom is -0.490 e. The Bertz CT molecular complexity index is 1300. The van der Waals surface area contributed by atoms with Gasteiger partial charge in [0.2, 0.25) is 0 Å². The standard InChI is InChI=1S/C32H41ClN2O4S/c1-4-5-8-29(36)26-12-9-24(26)18-35-19-32(15-6-7-22-16-25(33)11-13-27(22)32)20-39-30-14-10-23(17-28(30)35)31(37)34-40(38)21(2)3/h10-11,13-14,16-17,21,24,26H,4-9,12,15,18-20H2,1-3H3,(H,34,37). The summed E-state index contributed by atoms with van der Waals surface area (Å²) in [6, 6.07) is 11.7. The van der Waals surface area contributed by atoms with Gasteiger partial charge < -0.3 is 9.64 Å². The molecular weight excluding hydrogens is 544 g/mol. The van der Waals surface area contributed by atoms with Gasteiger partial charge in [-0.15, -0.1) is 0 Å². The second-order valence-electron chi connectivity index (χ2n) is 12.1. The van der Waals surface area contributed by atoms with Crippen LogP contribution in [-0.4, -0.2) is 40.8 Å². The highest BCUT2D eigenvalue weighted by Gasteiger charge is 2.44. The Morgan fingerprint density at radius 3 is 2.75 bits per heavy atom. The molecule has 1 N–H and O–H groups in total. The smallest absolute Gasteiger partial charge is 0.263 e. The number of ether oxygens (including phenoxy) is 1. The van der Waals surface area contributed by atoms with E-state index in [0.29, 0.717) is 24.4 Å². The fraction of sp³-hybridized carbons (Fsp3) is 0.562. The van der Waals surface area contributed by atoms with Gasteiger partial charge in [0.15, 0.2) is 0 Å². The molecule has 8 heteroatoms. The van der Waals surface area contributed by atoms with Gasteiger partial charge in [-0.3, -0.25) is 14.3 Å². The molecule has 40 heavy (non-hydrogen) atoms. The summed E-state index contributed by atoms with van der Waals surface area (Å²) in [4.78, 5) is 28.4. The van der Waals surface area contributed by atoms with Gasteiger partial charge in [-0.25, -0.2) is 4.21 Å². The number of fused-ring (bicyclic) bond motifs is 3. The average molecular weight is 585 g/mol. The quantitative estimate of drug-likeness (QED) is 0.369. The van der Waals surface area contributed by atoms with E-state index in [9.17, 15) is 13.8 Å². The first-order chi connectivity index (χ1) is 19.2. The number of carbonyl (C=O) groups excluding carboxylic acids is 2. The topological polar surface area (TPSA) is 75.7 Å². The Kier molecular flexibility index (Phi) is 8.91. The highest BCUT2D eigenvalue weighted by atomic mass is 35.5. The maximum absolute atomic E-state index is 13.0. The van der Waals surface area contributed by atoms with E-state index in [1.54, 1.807) is 6.07 Å². The molecule has 2 aromatic carbocycles. The van der Waals surface area contributed by atoms with Crippen molar-refractivity contribution in [2.24, 2.45) is 11.8 Å². The summed E-state index contributed by atoms with van der Waals surface area (Å²) in [6.07, 6.45) is 7.67. The number of anilines is 1. The molecule has 1 spiro atoms. The molecule has 0 bridgehead atoms. The molecule has 216 valence electrons. The van der Waals surface area contributed by atoms with Crippen LogP contribution in [0, 0.1) is 11.8 Å². The molecule has 0 radical (unpaired) electrons. The summed E-state index contributed by atoms with van der Waals surface area (Å²) >= 11 is 6.38. The number of halogens is 1. The van der Waals surface area contributed by atoms with Gasteiger partial charge in [0.1, 0.15) is 22.5 Å². The average Bonchev–Trinajstić information content (AvgIpc) is 3.06. The second kappa shape index (κ2) is 12.2. The van der Waals surface area contributed by atoms with E-state index in [4.69, 9.17) is 16.3 Å². The third kappa shape index (κ3) is 5.96. The predicted molar refractivity (Wildman–Crippen MR) is 162 cm³/mol. The molecule has 1 saturated carbocycles. The van der Waals surface area contributed by atoms with E-state index >= 15 is 0 Å². The van der Waals surface area contributed by atoms with Crippen LogP contribution in [0.2, 0.25) is 5.02 Å². The minimum absolute atomic E-state index is 0.104.